The number of thiazole rings is 1. The monoisotopic (exact) mass is 409 g/mol. The lowest BCUT2D eigenvalue weighted by atomic mass is 10.2. The molecule has 0 fully saturated rings. The van der Waals surface area contributed by atoms with E-state index in [0.717, 1.165) is 27.2 Å². The van der Waals surface area contributed by atoms with Crippen LogP contribution in [0.4, 0.5) is 0 Å². The van der Waals surface area contributed by atoms with Gasteiger partial charge in [0.1, 0.15) is 5.75 Å². The Morgan fingerprint density at radius 1 is 1.14 bits per heavy atom. The van der Waals surface area contributed by atoms with Crippen molar-refractivity contribution >= 4 is 27.5 Å². The van der Waals surface area contributed by atoms with E-state index in [-0.39, 0.29) is 18.5 Å². The highest BCUT2D eigenvalue weighted by molar-refractivity contribution is 7.18. The van der Waals surface area contributed by atoms with Gasteiger partial charge in [-0.3, -0.25) is 4.79 Å². The van der Waals surface area contributed by atoms with Crippen LogP contribution in [0, 0.1) is 0 Å². The molecule has 2 aromatic heterocycles. The molecule has 0 unspecified atom stereocenters. The summed E-state index contributed by atoms with van der Waals surface area (Å²) in [5, 5.41) is 4.95. The summed E-state index contributed by atoms with van der Waals surface area (Å²) in [5.74, 6) is 1.08. The van der Waals surface area contributed by atoms with Crippen LogP contribution >= 0.6 is 11.3 Å². The molecule has 2 aromatic carbocycles. The maximum Gasteiger partial charge on any atom is 0.306 e. The molecule has 4 rings (SSSR count). The van der Waals surface area contributed by atoms with E-state index < -0.39 is 0 Å². The molecule has 0 amide bonds. The summed E-state index contributed by atoms with van der Waals surface area (Å²) in [6.07, 6.45) is 1.74. The molecule has 7 nitrogen and oxygen atoms in total. The van der Waals surface area contributed by atoms with Crippen molar-refractivity contribution in [3.63, 3.8) is 0 Å². The zero-order valence-corrected chi connectivity index (χ0v) is 16.6. The summed E-state index contributed by atoms with van der Waals surface area (Å²) in [6.45, 7) is -0.0447. The van der Waals surface area contributed by atoms with Crippen LogP contribution in [0.25, 0.3) is 21.6 Å². The molecule has 0 bridgehead atoms. The first-order chi connectivity index (χ1) is 14.2. The normalized spacial score (nSPS) is 10.9. The lowest BCUT2D eigenvalue weighted by molar-refractivity contribution is -0.145. The van der Waals surface area contributed by atoms with Crippen molar-refractivity contribution < 1.29 is 18.8 Å². The van der Waals surface area contributed by atoms with E-state index in [4.69, 9.17) is 14.0 Å². The van der Waals surface area contributed by atoms with Gasteiger partial charge in [0.05, 0.1) is 22.3 Å². The maximum atomic E-state index is 12.0. The first-order valence-corrected chi connectivity index (χ1v) is 10.00. The number of benzene rings is 2. The molecule has 29 heavy (non-hydrogen) atoms. The third-order valence-electron chi connectivity index (χ3n) is 4.26. The number of carbonyl (C=O) groups is 1. The molecule has 0 saturated heterocycles. The van der Waals surface area contributed by atoms with Crippen molar-refractivity contribution in [3.05, 3.63) is 59.4 Å². The first kappa shape index (κ1) is 19.1. The predicted molar refractivity (Wildman–Crippen MR) is 109 cm³/mol. The third-order valence-corrected chi connectivity index (χ3v) is 5.36. The zero-order valence-electron chi connectivity index (χ0n) is 15.8. The Labute approximate surface area is 171 Å². The van der Waals surface area contributed by atoms with E-state index in [9.17, 15) is 4.79 Å². The Balaban J connectivity index is 1.25. The smallest absolute Gasteiger partial charge is 0.306 e. The summed E-state index contributed by atoms with van der Waals surface area (Å²) >= 11 is 1.66. The number of carbonyl (C=O) groups excluding carboxylic acids is 1. The lowest BCUT2D eigenvalue weighted by Gasteiger charge is -2.01. The van der Waals surface area contributed by atoms with Crippen LogP contribution in [0.3, 0.4) is 0 Å². The van der Waals surface area contributed by atoms with E-state index >= 15 is 0 Å². The quantitative estimate of drug-likeness (QED) is 0.398. The highest BCUT2D eigenvalue weighted by atomic mass is 32.1. The second-order valence-electron chi connectivity index (χ2n) is 6.33. The van der Waals surface area contributed by atoms with Crippen molar-refractivity contribution in [2.24, 2.45) is 0 Å². The SMILES string of the molecule is COc1cccc(-c2noc(COC(=O)CCCc3nc4ccccc4s3)n2)c1. The lowest BCUT2D eigenvalue weighted by Crippen LogP contribution is -2.05. The van der Waals surface area contributed by atoms with E-state index in [1.165, 1.54) is 0 Å². The molecule has 0 aliphatic rings. The Morgan fingerprint density at radius 3 is 2.90 bits per heavy atom. The Kier molecular flexibility index (Phi) is 5.81. The van der Waals surface area contributed by atoms with Gasteiger partial charge in [0, 0.05) is 12.0 Å². The molecule has 0 atom stereocenters. The van der Waals surface area contributed by atoms with Crippen LogP contribution in [0.2, 0.25) is 0 Å². The average Bonchev–Trinajstić information content (AvgIpc) is 3.39. The minimum atomic E-state index is -0.299. The van der Waals surface area contributed by atoms with Gasteiger partial charge >= 0.3 is 5.97 Å². The third kappa shape index (κ3) is 4.78. The number of aromatic nitrogens is 3. The van der Waals surface area contributed by atoms with Crippen LogP contribution < -0.4 is 4.74 Å². The Hall–Kier alpha value is -3.26. The molecule has 0 radical (unpaired) electrons. The van der Waals surface area contributed by atoms with Crippen LogP contribution in [0.15, 0.2) is 53.1 Å². The minimum absolute atomic E-state index is 0.0447. The number of esters is 1. The van der Waals surface area contributed by atoms with Crippen LogP contribution in [-0.2, 0) is 22.6 Å². The molecule has 2 heterocycles. The predicted octanol–water partition coefficient (Wildman–Crippen LogP) is 4.42. The molecular formula is C21H19N3O4S. The topological polar surface area (TPSA) is 87.3 Å². The van der Waals surface area contributed by atoms with Gasteiger partial charge in [-0.2, -0.15) is 4.98 Å². The number of rotatable bonds is 8. The van der Waals surface area contributed by atoms with Crippen LogP contribution in [0.5, 0.6) is 5.75 Å². The van der Waals surface area contributed by atoms with Gasteiger partial charge in [0.15, 0.2) is 6.61 Å². The second-order valence-corrected chi connectivity index (χ2v) is 7.45. The number of para-hydroxylation sites is 1. The van der Waals surface area contributed by atoms with Gasteiger partial charge < -0.3 is 14.0 Å². The van der Waals surface area contributed by atoms with Gasteiger partial charge in [0.25, 0.3) is 5.89 Å². The standard InChI is InChI=1S/C21H19N3O4S/c1-26-15-7-4-6-14(12-15)21-23-18(28-24-21)13-27-20(25)11-5-10-19-22-16-8-2-3-9-17(16)29-19/h2-4,6-9,12H,5,10-11,13H2,1H3. The number of nitrogens with zero attached hydrogens (tertiary/aromatic N) is 3. The molecule has 0 saturated carbocycles. The fourth-order valence-corrected chi connectivity index (χ4v) is 3.83. The fraction of sp³-hybridized carbons (Fsp3) is 0.238. The van der Waals surface area contributed by atoms with Gasteiger partial charge in [-0.15, -0.1) is 11.3 Å². The van der Waals surface area contributed by atoms with Crippen molar-refractivity contribution in [1.82, 2.24) is 15.1 Å². The van der Waals surface area contributed by atoms with E-state index in [0.29, 0.717) is 24.4 Å². The van der Waals surface area contributed by atoms with Crippen molar-refractivity contribution in [2.75, 3.05) is 7.11 Å². The van der Waals surface area contributed by atoms with E-state index in [1.54, 1.807) is 18.4 Å². The summed E-state index contributed by atoms with van der Waals surface area (Å²) in [5.41, 5.74) is 1.76. The number of ether oxygens (including phenoxy) is 2. The van der Waals surface area contributed by atoms with E-state index in [1.807, 2.05) is 42.5 Å². The summed E-state index contributed by atoms with van der Waals surface area (Å²) < 4.78 is 16.8. The summed E-state index contributed by atoms with van der Waals surface area (Å²) in [6, 6.07) is 15.4. The second kappa shape index (κ2) is 8.83. The highest BCUT2D eigenvalue weighted by Crippen LogP contribution is 2.23. The van der Waals surface area contributed by atoms with Gasteiger partial charge in [-0.1, -0.05) is 29.4 Å². The Morgan fingerprint density at radius 2 is 2.03 bits per heavy atom. The molecule has 0 aliphatic carbocycles. The number of hydrogen-bond acceptors (Lipinski definition) is 8. The number of fused-ring (bicyclic) bond motifs is 1. The molecule has 8 heteroatoms. The molecular weight excluding hydrogens is 390 g/mol. The van der Waals surface area contributed by atoms with Gasteiger partial charge in [-0.05, 0) is 37.1 Å². The maximum absolute atomic E-state index is 12.0. The molecule has 0 aliphatic heterocycles. The summed E-state index contributed by atoms with van der Waals surface area (Å²) in [7, 11) is 1.59. The van der Waals surface area contributed by atoms with Crippen LogP contribution in [-0.4, -0.2) is 28.2 Å². The van der Waals surface area contributed by atoms with Crippen molar-refractivity contribution in [1.29, 1.82) is 0 Å². The highest BCUT2D eigenvalue weighted by Gasteiger charge is 2.12. The number of hydrogen-bond donors (Lipinski definition) is 0. The average molecular weight is 409 g/mol. The zero-order chi connectivity index (χ0) is 20.1. The first-order valence-electron chi connectivity index (χ1n) is 9.18. The van der Waals surface area contributed by atoms with Crippen molar-refractivity contribution in [2.45, 2.75) is 25.9 Å². The molecule has 0 N–H and O–H groups in total. The Bertz CT molecular complexity index is 1090. The largest absolute Gasteiger partial charge is 0.497 e. The number of methoxy groups -OCH3 is 1. The molecule has 148 valence electrons. The molecule has 0 spiro atoms. The number of aryl methyl sites for hydroxylation is 1. The molecule has 4 aromatic rings. The summed E-state index contributed by atoms with van der Waals surface area (Å²) in [4.78, 5) is 20.8. The van der Waals surface area contributed by atoms with Crippen molar-refractivity contribution in [3.8, 4) is 17.1 Å². The minimum Gasteiger partial charge on any atom is -0.497 e. The van der Waals surface area contributed by atoms with Crippen LogP contribution in [0.1, 0.15) is 23.7 Å². The fourth-order valence-electron chi connectivity index (χ4n) is 2.82. The van der Waals surface area contributed by atoms with E-state index in [2.05, 4.69) is 21.2 Å². The van der Waals surface area contributed by atoms with Gasteiger partial charge in [-0.25, -0.2) is 4.98 Å². The van der Waals surface area contributed by atoms with Gasteiger partial charge in [0.2, 0.25) is 5.82 Å².